The van der Waals surface area contributed by atoms with Crippen LogP contribution in [0.15, 0.2) is 6.20 Å². The van der Waals surface area contributed by atoms with Gasteiger partial charge in [0.25, 0.3) is 0 Å². The zero-order chi connectivity index (χ0) is 16.4. The molecule has 0 bridgehead atoms. The Kier molecular flexibility index (Phi) is 4.99. The summed E-state index contributed by atoms with van der Waals surface area (Å²) in [4.78, 5) is 17.3. The molecule has 5 heteroatoms. The minimum absolute atomic E-state index is 0.865. The molecular formula is C19H31N5. The van der Waals surface area contributed by atoms with Crippen LogP contribution >= 0.6 is 0 Å². The van der Waals surface area contributed by atoms with Gasteiger partial charge in [0.05, 0.1) is 5.69 Å². The van der Waals surface area contributed by atoms with Gasteiger partial charge in [-0.05, 0) is 37.8 Å². The lowest BCUT2D eigenvalue weighted by Crippen LogP contribution is -2.52. The monoisotopic (exact) mass is 329 g/mol. The van der Waals surface area contributed by atoms with E-state index in [-0.39, 0.29) is 0 Å². The van der Waals surface area contributed by atoms with E-state index in [4.69, 9.17) is 9.97 Å². The number of piperazine rings is 1. The summed E-state index contributed by atoms with van der Waals surface area (Å²) in [5, 5.41) is 0. The van der Waals surface area contributed by atoms with E-state index in [2.05, 4.69) is 27.8 Å². The van der Waals surface area contributed by atoms with Crippen molar-refractivity contribution in [2.24, 2.45) is 0 Å². The summed E-state index contributed by atoms with van der Waals surface area (Å²) < 4.78 is 0. The van der Waals surface area contributed by atoms with Crippen LogP contribution in [-0.4, -0.2) is 71.6 Å². The molecule has 0 N–H and O–H groups in total. The number of anilines is 1. The molecule has 1 saturated heterocycles. The Morgan fingerprint density at radius 1 is 1.04 bits per heavy atom. The lowest BCUT2D eigenvalue weighted by molar-refractivity contribution is 0.120. The van der Waals surface area contributed by atoms with E-state index in [1.807, 2.05) is 0 Å². The summed E-state index contributed by atoms with van der Waals surface area (Å²) in [6.07, 6.45) is 9.75. The Balaban J connectivity index is 1.39. The molecule has 3 heterocycles. The van der Waals surface area contributed by atoms with Gasteiger partial charge in [-0.3, -0.25) is 4.90 Å². The standard InChI is InChI=1S/C19H31N5/c1-2-8-22-9-6-16-15-20-19(21-18(16)7-10-22)24-13-11-23(12-14-24)17-4-3-5-17/h15,17H,2-14H2,1H3. The second-order valence-electron chi connectivity index (χ2n) is 7.59. The molecule has 2 aliphatic heterocycles. The van der Waals surface area contributed by atoms with Gasteiger partial charge >= 0.3 is 0 Å². The first-order valence-corrected chi connectivity index (χ1v) is 9.89. The largest absolute Gasteiger partial charge is 0.338 e. The maximum Gasteiger partial charge on any atom is 0.225 e. The van der Waals surface area contributed by atoms with Crippen molar-refractivity contribution in [2.45, 2.75) is 51.5 Å². The van der Waals surface area contributed by atoms with Crippen molar-refractivity contribution < 1.29 is 0 Å². The Morgan fingerprint density at radius 3 is 2.54 bits per heavy atom. The Morgan fingerprint density at radius 2 is 1.83 bits per heavy atom. The summed E-state index contributed by atoms with van der Waals surface area (Å²) in [6.45, 7) is 10.3. The predicted octanol–water partition coefficient (Wildman–Crippen LogP) is 1.96. The van der Waals surface area contributed by atoms with Crippen LogP contribution in [0, 0.1) is 0 Å². The number of hydrogen-bond acceptors (Lipinski definition) is 5. The second-order valence-corrected chi connectivity index (χ2v) is 7.59. The Hall–Kier alpha value is -1.20. The molecule has 2 fully saturated rings. The highest BCUT2D eigenvalue weighted by molar-refractivity contribution is 5.34. The van der Waals surface area contributed by atoms with Gasteiger partial charge < -0.3 is 9.80 Å². The molecule has 1 saturated carbocycles. The quantitative estimate of drug-likeness (QED) is 0.844. The van der Waals surface area contributed by atoms with Crippen molar-refractivity contribution in [1.82, 2.24) is 19.8 Å². The van der Waals surface area contributed by atoms with Gasteiger partial charge in [0, 0.05) is 57.9 Å². The lowest BCUT2D eigenvalue weighted by atomic mass is 9.91. The number of fused-ring (bicyclic) bond motifs is 1. The highest BCUT2D eigenvalue weighted by Gasteiger charge is 2.28. The lowest BCUT2D eigenvalue weighted by Gasteiger charge is -2.43. The van der Waals surface area contributed by atoms with Gasteiger partial charge in [-0.2, -0.15) is 0 Å². The molecule has 0 amide bonds. The molecule has 1 aromatic heterocycles. The average molecular weight is 329 g/mol. The van der Waals surface area contributed by atoms with Gasteiger partial charge in [-0.1, -0.05) is 13.3 Å². The van der Waals surface area contributed by atoms with E-state index in [0.29, 0.717) is 0 Å². The van der Waals surface area contributed by atoms with Crippen LogP contribution in [0.3, 0.4) is 0 Å². The van der Waals surface area contributed by atoms with E-state index in [9.17, 15) is 0 Å². The van der Waals surface area contributed by atoms with Crippen LogP contribution < -0.4 is 4.90 Å². The zero-order valence-electron chi connectivity index (χ0n) is 15.1. The van der Waals surface area contributed by atoms with Crippen LogP contribution in [0.2, 0.25) is 0 Å². The number of hydrogen-bond donors (Lipinski definition) is 0. The highest BCUT2D eigenvalue weighted by Crippen LogP contribution is 2.26. The molecule has 0 atom stereocenters. The SMILES string of the molecule is CCCN1CCc2cnc(N3CCN(C4CCC4)CC3)nc2CC1. The fourth-order valence-electron chi connectivity index (χ4n) is 4.24. The van der Waals surface area contributed by atoms with Crippen LogP contribution in [0.5, 0.6) is 0 Å². The summed E-state index contributed by atoms with van der Waals surface area (Å²) in [7, 11) is 0. The smallest absolute Gasteiger partial charge is 0.225 e. The molecule has 4 rings (SSSR count). The Labute approximate surface area is 146 Å². The molecule has 5 nitrogen and oxygen atoms in total. The Bertz CT molecular complexity index is 549. The van der Waals surface area contributed by atoms with Crippen molar-refractivity contribution in [1.29, 1.82) is 0 Å². The molecule has 1 aromatic rings. The third kappa shape index (κ3) is 3.42. The van der Waals surface area contributed by atoms with Crippen LogP contribution in [-0.2, 0) is 12.8 Å². The minimum Gasteiger partial charge on any atom is -0.338 e. The van der Waals surface area contributed by atoms with E-state index in [1.165, 1.54) is 56.6 Å². The van der Waals surface area contributed by atoms with Gasteiger partial charge in [0.15, 0.2) is 0 Å². The minimum atomic E-state index is 0.865. The first-order valence-electron chi connectivity index (χ1n) is 9.89. The second kappa shape index (κ2) is 7.36. The van der Waals surface area contributed by atoms with E-state index in [0.717, 1.165) is 51.0 Å². The highest BCUT2D eigenvalue weighted by atomic mass is 15.3. The fourth-order valence-corrected chi connectivity index (χ4v) is 4.24. The summed E-state index contributed by atoms with van der Waals surface area (Å²) in [5.74, 6) is 0.964. The zero-order valence-corrected chi connectivity index (χ0v) is 15.1. The summed E-state index contributed by atoms with van der Waals surface area (Å²) in [6, 6.07) is 0.865. The van der Waals surface area contributed by atoms with Crippen molar-refractivity contribution in [3.05, 3.63) is 17.5 Å². The molecule has 24 heavy (non-hydrogen) atoms. The molecule has 1 aliphatic carbocycles. The van der Waals surface area contributed by atoms with Crippen LogP contribution in [0.1, 0.15) is 43.9 Å². The van der Waals surface area contributed by atoms with Crippen molar-refractivity contribution in [3.63, 3.8) is 0 Å². The fraction of sp³-hybridized carbons (Fsp3) is 0.789. The molecule has 0 aromatic carbocycles. The maximum absolute atomic E-state index is 4.97. The molecule has 0 unspecified atom stereocenters. The number of aromatic nitrogens is 2. The predicted molar refractivity (Wildman–Crippen MR) is 97.6 cm³/mol. The van der Waals surface area contributed by atoms with E-state index >= 15 is 0 Å². The third-order valence-corrected chi connectivity index (χ3v) is 6.03. The third-order valence-electron chi connectivity index (χ3n) is 6.03. The first kappa shape index (κ1) is 16.3. The summed E-state index contributed by atoms with van der Waals surface area (Å²) >= 11 is 0. The molecular weight excluding hydrogens is 298 g/mol. The number of rotatable bonds is 4. The van der Waals surface area contributed by atoms with Gasteiger partial charge in [-0.25, -0.2) is 9.97 Å². The van der Waals surface area contributed by atoms with Gasteiger partial charge in [-0.15, -0.1) is 0 Å². The average Bonchev–Trinajstić information content (AvgIpc) is 2.77. The van der Waals surface area contributed by atoms with Gasteiger partial charge in [0.2, 0.25) is 5.95 Å². The molecule has 0 spiro atoms. The van der Waals surface area contributed by atoms with Crippen molar-refractivity contribution in [3.8, 4) is 0 Å². The summed E-state index contributed by atoms with van der Waals surface area (Å²) in [5.41, 5.74) is 2.66. The topological polar surface area (TPSA) is 35.5 Å². The molecule has 3 aliphatic rings. The molecule has 0 radical (unpaired) electrons. The van der Waals surface area contributed by atoms with E-state index < -0.39 is 0 Å². The van der Waals surface area contributed by atoms with Gasteiger partial charge in [0.1, 0.15) is 0 Å². The van der Waals surface area contributed by atoms with Crippen LogP contribution in [0.25, 0.3) is 0 Å². The van der Waals surface area contributed by atoms with E-state index in [1.54, 1.807) is 0 Å². The maximum atomic E-state index is 4.97. The van der Waals surface area contributed by atoms with Crippen LogP contribution in [0.4, 0.5) is 5.95 Å². The van der Waals surface area contributed by atoms with Crippen molar-refractivity contribution >= 4 is 5.95 Å². The normalized spacial score (nSPS) is 23.6. The van der Waals surface area contributed by atoms with Crippen molar-refractivity contribution in [2.75, 3.05) is 50.7 Å². The number of nitrogens with zero attached hydrogens (tertiary/aromatic N) is 5. The molecule has 132 valence electrons. The first-order chi connectivity index (χ1) is 11.8.